The van der Waals surface area contributed by atoms with Crippen LogP contribution in [-0.4, -0.2) is 0 Å². The van der Waals surface area contributed by atoms with Gasteiger partial charge in [0, 0.05) is 5.56 Å². The highest BCUT2D eigenvalue weighted by atomic mass is 19.1. The van der Waals surface area contributed by atoms with Gasteiger partial charge in [0.1, 0.15) is 17.5 Å². The second kappa shape index (κ2) is 5.99. The topological polar surface area (TPSA) is 0 Å². The molecule has 0 heterocycles. The minimum absolute atomic E-state index is 0.156. The van der Waals surface area contributed by atoms with Crippen molar-refractivity contribution in [2.45, 2.75) is 32.1 Å². The molecule has 0 aromatic heterocycles. The van der Waals surface area contributed by atoms with Crippen LogP contribution in [0.15, 0.2) is 36.4 Å². The van der Waals surface area contributed by atoms with E-state index in [2.05, 4.69) is 0 Å². The molecule has 114 valence electrons. The number of benzene rings is 2. The molecule has 22 heavy (non-hydrogen) atoms. The Morgan fingerprint density at radius 1 is 1.00 bits per heavy atom. The highest BCUT2D eigenvalue weighted by Crippen LogP contribution is 2.36. The van der Waals surface area contributed by atoms with E-state index in [0.717, 1.165) is 11.1 Å². The maximum Gasteiger partial charge on any atom is 0.130 e. The van der Waals surface area contributed by atoms with E-state index in [4.69, 9.17) is 0 Å². The molecule has 0 nitrogen and oxygen atoms in total. The highest BCUT2D eigenvalue weighted by molar-refractivity contribution is 5.50. The predicted octanol–water partition coefficient (Wildman–Crippen LogP) is 5.41. The molecule has 0 N–H and O–H groups in total. The molecule has 0 saturated carbocycles. The highest BCUT2D eigenvalue weighted by Gasteiger charge is 2.25. The molecular formula is C19H17F3. The van der Waals surface area contributed by atoms with Crippen molar-refractivity contribution in [3.05, 3.63) is 76.1 Å². The quantitative estimate of drug-likeness (QED) is 0.696. The summed E-state index contributed by atoms with van der Waals surface area (Å²) in [6, 6.07) is 7.40. The van der Waals surface area contributed by atoms with Crippen LogP contribution in [0, 0.1) is 17.5 Å². The standard InChI is InChI=1S/C19H17F3/c1-2-3-12-8-17(21)19(18(22)9-12)15-5-4-14-11-16(20)7-6-13(14)10-15/h2-3,6-9,11,15H,4-5,10H2,1H3/b3-2+. The monoisotopic (exact) mass is 302 g/mol. The fourth-order valence-electron chi connectivity index (χ4n) is 3.25. The van der Waals surface area contributed by atoms with Crippen LogP contribution in [0.1, 0.15) is 41.5 Å². The maximum absolute atomic E-state index is 14.3. The van der Waals surface area contributed by atoms with Gasteiger partial charge in [0.15, 0.2) is 0 Å². The van der Waals surface area contributed by atoms with Crippen LogP contribution in [0.25, 0.3) is 6.08 Å². The van der Waals surface area contributed by atoms with Crippen LogP contribution in [0.5, 0.6) is 0 Å². The Kier molecular flexibility index (Phi) is 4.06. The van der Waals surface area contributed by atoms with E-state index in [0.29, 0.717) is 24.8 Å². The molecule has 0 spiro atoms. The average molecular weight is 302 g/mol. The summed E-state index contributed by atoms with van der Waals surface area (Å²) in [5, 5.41) is 0. The van der Waals surface area contributed by atoms with E-state index in [1.165, 1.54) is 24.3 Å². The first kappa shape index (κ1) is 14.9. The van der Waals surface area contributed by atoms with Gasteiger partial charge in [-0.2, -0.15) is 0 Å². The minimum atomic E-state index is -0.497. The molecule has 2 aromatic rings. The zero-order valence-corrected chi connectivity index (χ0v) is 12.4. The number of halogens is 3. The first-order chi connectivity index (χ1) is 10.6. The van der Waals surface area contributed by atoms with E-state index in [9.17, 15) is 13.2 Å². The smallest absolute Gasteiger partial charge is 0.130 e. The van der Waals surface area contributed by atoms with Crippen molar-refractivity contribution >= 4 is 6.08 Å². The van der Waals surface area contributed by atoms with E-state index in [-0.39, 0.29) is 17.3 Å². The molecular weight excluding hydrogens is 285 g/mol. The van der Waals surface area contributed by atoms with E-state index < -0.39 is 11.6 Å². The van der Waals surface area contributed by atoms with Crippen molar-refractivity contribution in [1.29, 1.82) is 0 Å². The van der Waals surface area contributed by atoms with Crippen molar-refractivity contribution in [1.82, 2.24) is 0 Å². The van der Waals surface area contributed by atoms with Crippen molar-refractivity contribution in [2.75, 3.05) is 0 Å². The van der Waals surface area contributed by atoms with Crippen LogP contribution in [-0.2, 0) is 12.8 Å². The summed E-state index contributed by atoms with van der Waals surface area (Å²) in [5.41, 5.74) is 2.61. The molecule has 0 saturated heterocycles. The SMILES string of the molecule is C/C=C/c1cc(F)c(C2CCc3cc(F)ccc3C2)c(F)c1. The van der Waals surface area contributed by atoms with Crippen molar-refractivity contribution in [2.24, 2.45) is 0 Å². The van der Waals surface area contributed by atoms with Crippen molar-refractivity contribution in [3.8, 4) is 0 Å². The molecule has 1 aliphatic rings. The Morgan fingerprint density at radius 3 is 2.41 bits per heavy atom. The van der Waals surface area contributed by atoms with E-state index in [1.807, 2.05) is 0 Å². The molecule has 1 unspecified atom stereocenters. The molecule has 3 heteroatoms. The van der Waals surface area contributed by atoms with Gasteiger partial charge in [0.05, 0.1) is 0 Å². The third kappa shape index (κ3) is 2.80. The second-order valence-corrected chi connectivity index (χ2v) is 5.75. The Balaban J connectivity index is 1.94. The van der Waals surface area contributed by atoms with Gasteiger partial charge in [-0.3, -0.25) is 0 Å². The van der Waals surface area contributed by atoms with E-state index >= 15 is 0 Å². The summed E-state index contributed by atoms with van der Waals surface area (Å²) in [5.74, 6) is -1.45. The van der Waals surface area contributed by atoms with Crippen LogP contribution < -0.4 is 0 Å². The molecule has 0 aliphatic heterocycles. The zero-order chi connectivity index (χ0) is 15.7. The lowest BCUT2D eigenvalue weighted by atomic mass is 9.79. The summed E-state index contributed by atoms with van der Waals surface area (Å²) < 4.78 is 41.9. The normalized spacial score (nSPS) is 17.7. The third-order valence-electron chi connectivity index (χ3n) is 4.27. The van der Waals surface area contributed by atoms with Crippen LogP contribution >= 0.6 is 0 Å². The maximum atomic E-state index is 14.3. The summed E-state index contributed by atoms with van der Waals surface area (Å²) in [6.07, 6.45) is 5.25. The second-order valence-electron chi connectivity index (χ2n) is 5.75. The number of fused-ring (bicyclic) bond motifs is 1. The van der Waals surface area contributed by atoms with Gasteiger partial charge >= 0.3 is 0 Å². The van der Waals surface area contributed by atoms with Gasteiger partial charge in [-0.1, -0.05) is 18.2 Å². The molecule has 3 rings (SSSR count). The summed E-state index contributed by atoms with van der Waals surface area (Å²) in [7, 11) is 0. The zero-order valence-electron chi connectivity index (χ0n) is 12.4. The van der Waals surface area contributed by atoms with E-state index in [1.54, 1.807) is 25.1 Å². The third-order valence-corrected chi connectivity index (χ3v) is 4.27. The molecule has 0 fully saturated rings. The van der Waals surface area contributed by atoms with Crippen LogP contribution in [0.4, 0.5) is 13.2 Å². The fraction of sp³-hybridized carbons (Fsp3) is 0.263. The molecule has 1 aliphatic carbocycles. The number of hydrogen-bond donors (Lipinski definition) is 0. The number of allylic oxidation sites excluding steroid dienone is 1. The Morgan fingerprint density at radius 2 is 1.73 bits per heavy atom. The fourth-order valence-corrected chi connectivity index (χ4v) is 3.25. The molecule has 0 bridgehead atoms. The lowest BCUT2D eigenvalue weighted by Crippen LogP contribution is -2.16. The average Bonchev–Trinajstić information content (AvgIpc) is 2.47. The van der Waals surface area contributed by atoms with Gasteiger partial charge in [-0.25, -0.2) is 13.2 Å². The minimum Gasteiger partial charge on any atom is -0.207 e. The van der Waals surface area contributed by atoms with Gasteiger partial charge in [0.25, 0.3) is 0 Å². The summed E-state index contributed by atoms with van der Waals surface area (Å²) in [6.45, 7) is 1.81. The van der Waals surface area contributed by atoms with Gasteiger partial charge < -0.3 is 0 Å². The number of aryl methyl sites for hydroxylation is 1. The lowest BCUT2D eigenvalue weighted by molar-refractivity contribution is 0.489. The Labute approximate surface area is 128 Å². The molecule has 0 radical (unpaired) electrons. The molecule has 0 amide bonds. The molecule has 2 aromatic carbocycles. The largest absolute Gasteiger partial charge is 0.207 e. The summed E-state index contributed by atoms with van der Waals surface area (Å²) in [4.78, 5) is 0. The van der Waals surface area contributed by atoms with Gasteiger partial charge in [-0.05, 0) is 73.1 Å². The Hall–Kier alpha value is -2.03. The number of rotatable bonds is 2. The molecule has 1 atom stereocenters. The van der Waals surface area contributed by atoms with Crippen molar-refractivity contribution < 1.29 is 13.2 Å². The predicted molar refractivity (Wildman–Crippen MR) is 82.2 cm³/mol. The van der Waals surface area contributed by atoms with Crippen molar-refractivity contribution in [3.63, 3.8) is 0 Å². The number of hydrogen-bond acceptors (Lipinski definition) is 0. The van der Waals surface area contributed by atoms with Gasteiger partial charge in [0.2, 0.25) is 0 Å². The lowest BCUT2D eigenvalue weighted by Gasteiger charge is -2.25. The first-order valence-corrected chi connectivity index (χ1v) is 7.47. The first-order valence-electron chi connectivity index (χ1n) is 7.47. The Bertz CT molecular complexity index is 708. The van der Waals surface area contributed by atoms with Crippen LogP contribution in [0.2, 0.25) is 0 Å². The van der Waals surface area contributed by atoms with Crippen LogP contribution in [0.3, 0.4) is 0 Å². The van der Waals surface area contributed by atoms with Gasteiger partial charge in [-0.15, -0.1) is 0 Å². The summed E-state index contributed by atoms with van der Waals surface area (Å²) >= 11 is 0.